The van der Waals surface area contributed by atoms with Crippen LogP contribution in [0.1, 0.15) is 16.9 Å². The fourth-order valence-corrected chi connectivity index (χ4v) is 2.06. The number of anilines is 2. The minimum atomic E-state index is 0.464. The molecule has 0 aliphatic rings. The van der Waals surface area contributed by atoms with E-state index in [1.54, 1.807) is 12.5 Å². The van der Waals surface area contributed by atoms with Crippen molar-refractivity contribution in [1.82, 2.24) is 15.2 Å². The largest absolute Gasteiger partial charge is 0.467 e. The van der Waals surface area contributed by atoms with Crippen LogP contribution in [0.15, 0.2) is 53.3 Å². The lowest BCUT2D eigenvalue weighted by Crippen LogP contribution is -2.07. The van der Waals surface area contributed by atoms with E-state index in [4.69, 9.17) is 4.42 Å². The number of furan rings is 1. The first-order chi connectivity index (χ1) is 10.8. The Morgan fingerprint density at radius 2 is 2.05 bits per heavy atom. The summed E-state index contributed by atoms with van der Waals surface area (Å²) in [5.74, 6) is 1.96. The Morgan fingerprint density at radius 3 is 2.86 bits per heavy atom. The van der Waals surface area contributed by atoms with E-state index in [9.17, 15) is 0 Å². The third-order valence-corrected chi connectivity index (χ3v) is 3.12. The molecule has 0 fully saturated rings. The number of aromatic nitrogens is 3. The van der Waals surface area contributed by atoms with Gasteiger partial charge in [0.25, 0.3) is 0 Å². The molecule has 0 amide bonds. The standard InChI is InChI=1S/C16H17N5O/c1-12-4-2-5-13(8-12)9-17-15-11-19-21-16(20-15)18-10-14-6-3-7-22-14/h2-8,11H,9-10H2,1H3,(H2,17,18,20,21). The van der Waals surface area contributed by atoms with Crippen molar-refractivity contribution in [3.05, 3.63) is 65.7 Å². The second-order valence-electron chi connectivity index (χ2n) is 4.94. The molecule has 2 N–H and O–H groups in total. The minimum Gasteiger partial charge on any atom is -0.467 e. The van der Waals surface area contributed by atoms with Gasteiger partial charge in [0.2, 0.25) is 5.95 Å². The van der Waals surface area contributed by atoms with E-state index in [0.29, 0.717) is 24.9 Å². The molecule has 0 atom stereocenters. The zero-order valence-corrected chi connectivity index (χ0v) is 12.3. The number of hydrogen-bond acceptors (Lipinski definition) is 6. The SMILES string of the molecule is Cc1cccc(CNc2cnnc(NCc3ccco3)n2)c1. The predicted molar refractivity (Wildman–Crippen MR) is 84.4 cm³/mol. The Kier molecular flexibility index (Phi) is 4.29. The lowest BCUT2D eigenvalue weighted by Gasteiger charge is -2.07. The van der Waals surface area contributed by atoms with Crippen LogP contribution in [0.3, 0.4) is 0 Å². The van der Waals surface area contributed by atoms with Gasteiger partial charge < -0.3 is 15.1 Å². The second kappa shape index (κ2) is 6.71. The lowest BCUT2D eigenvalue weighted by atomic mass is 10.1. The van der Waals surface area contributed by atoms with Crippen LogP contribution in [0.4, 0.5) is 11.8 Å². The van der Waals surface area contributed by atoms with Crippen LogP contribution in [-0.4, -0.2) is 15.2 Å². The number of aryl methyl sites for hydroxylation is 1. The van der Waals surface area contributed by atoms with Gasteiger partial charge in [-0.2, -0.15) is 10.1 Å². The van der Waals surface area contributed by atoms with Gasteiger partial charge in [-0.15, -0.1) is 5.10 Å². The van der Waals surface area contributed by atoms with E-state index in [1.165, 1.54) is 11.1 Å². The summed E-state index contributed by atoms with van der Waals surface area (Å²) in [5.41, 5.74) is 2.43. The van der Waals surface area contributed by atoms with Gasteiger partial charge in [0, 0.05) is 6.54 Å². The molecular weight excluding hydrogens is 278 g/mol. The molecule has 112 valence electrons. The Balaban J connectivity index is 1.59. The maximum atomic E-state index is 5.25. The van der Waals surface area contributed by atoms with Crippen molar-refractivity contribution in [3.8, 4) is 0 Å². The van der Waals surface area contributed by atoms with E-state index in [-0.39, 0.29) is 0 Å². The van der Waals surface area contributed by atoms with Crippen molar-refractivity contribution in [3.63, 3.8) is 0 Å². The summed E-state index contributed by atoms with van der Waals surface area (Å²) in [5, 5.41) is 14.2. The fourth-order valence-electron chi connectivity index (χ4n) is 2.06. The fraction of sp³-hybridized carbons (Fsp3) is 0.188. The Labute approximate surface area is 128 Å². The normalized spacial score (nSPS) is 10.4. The summed E-state index contributed by atoms with van der Waals surface area (Å²) in [6.07, 6.45) is 3.24. The highest BCUT2D eigenvalue weighted by atomic mass is 16.3. The molecule has 2 aromatic heterocycles. The third kappa shape index (κ3) is 3.82. The van der Waals surface area contributed by atoms with Crippen LogP contribution in [0, 0.1) is 6.92 Å². The predicted octanol–water partition coefficient (Wildman–Crippen LogP) is 3.00. The van der Waals surface area contributed by atoms with Gasteiger partial charge in [-0.3, -0.25) is 0 Å². The summed E-state index contributed by atoms with van der Waals surface area (Å²) in [6, 6.07) is 12.1. The summed E-state index contributed by atoms with van der Waals surface area (Å²) >= 11 is 0. The van der Waals surface area contributed by atoms with Gasteiger partial charge in [0.05, 0.1) is 19.0 Å². The Hall–Kier alpha value is -2.89. The van der Waals surface area contributed by atoms with Gasteiger partial charge in [-0.05, 0) is 24.6 Å². The molecule has 3 aromatic rings. The number of nitrogens with zero attached hydrogens (tertiary/aromatic N) is 3. The van der Waals surface area contributed by atoms with Crippen molar-refractivity contribution in [1.29, 1.82) is 0 Å². The second-order valence-corrected chi connectivity index (χ2v) is 4.94. The van der Waals surface area contributed by atoms with E-state index in [1.807, 2.05) is 18.2 Å². The molecule has 2 heterocycles. The summed E-state index contributed by atoms with van der Waals surface area (Å²) in [6.45, 7) is 3.29. The van der Waals surface area contributed by atoms with Crippen molar-refractivity contribution in [2.45, 2.75) is 20.0 Å². The highest BCUT2D eigenvalue weighted by molar-refractivity contribution is 5.38. The number of benzene rings is 1. The molecule has 6 nitrogen and oxygen atoms in total. The molecule has 0 bridgehead atoms. The maximum Gasteiger partial charge on any atom is 0.245 e. The van der Waals surface area contributed by atoms with Crippen LogP contribution in [0.2, 0.25) is 0 Å². The van der Waals surface area contributed by atoms with Gasteiger partial charge >= 0.3 is 0 Å². The van der Waals surface area contributed by atoms with Crippen LogP contribution in [0.5, 0.6) is 0 Å². The first-order valence-electron chi connectivity index (χ1n) is 7.05. The van der Waals surface area contributed by atoms with E-state index in [2.05, 4.69) is 50.9 Å². The van der Waals surface area contributed by atoms with E-state index in [0.717, 1.165) is 5.76 Å². The molecule has 0 unspecified atom stereocenters. The number of rotatable bonds is 6. The average molecular weight is 295 g/mol. The average Bonchev–Trinajstić information content (AvgIpc) is 3.05. The number of nitrogens with one attached hydrogen (secondary N) is 2. The van der Waals surface area contributed by atoms with Crippen molar-refractivity contribution < 1.29 is 4.42 Å². The van der Waals surface area contributed by atoms with Crippen LogP contribution >= 0.6 is 0 Å². The molecule has 0 aliphatic carbocycles. The first kappa shape index (κ1) is 14.1. The van der Waals surface area contributed by atoms with Crippen molar-refractivity contribution in [2.24, 2.45) is 0 Å². The zero-order valence-electron chi connectivity index (χ0n) is 12.3. The Morgan fingerprint density at radius 1 is 1.09 bits per heavy atom. The van der Waals surface area contributed by atoms with Gasteiger partial charge in [0.15, 0.2) is 5.82 Å². The van der Waals surface area contributed by atoms with Gasteiger partial charge in [-0.1, -0.05) is 29.8 Å². The Bertz CT molecular complexity index is 727. The summed E-state index contributed by atoms with van der Waals surface area (Å²) < 4.78 is 5.25. The van der Waals surface area contributed by atoms with Crippen LogP contribution < -0.4 is 10.6 Å². The highest BCUT2D eigenvalue weighted by Gasteiger charge is 2.02. The molecular formula is C16H17N5O. The molecule has 0 saturated heterocycles. The monoisotopic (exact) mass is 295 g/mol. The molecule has 3 rings (SSSR count). The molecule has 0 radical (unpaired) electrons. The van der Waals surface area contributed by atoms with E-state index < -0.39 is 0 Å². The quantitative estimate of drug-likeness (QED) is 0.728. The van der Waals surface area contributed by atoms with E-state index >= 15 is 0 Å². The van der Waals surface area contributed by atoms with Gasteiger partial charge in [-0.25, -0.2) is 0 Å². The molecule has 1 aromatic carbocycles. The molecule has 0 spiro atoms. The molecule has 0 aliphatic heterocycles. The minimum absolute atomic E-state index is 0.464. The van der Waals surface area contributed by atoms with Crippen LogP contribution in [-0.2, 0) is 13.1 Å². The third-order valence-electron chi connectivity index (χ3n) is 3.12. The highest BCUT2D eigenvalue weighted by Crippen LogP contribution is 2.09. The lowest BCUT2D eigenvalue weighted by molar-refractivity contribution is 0.517. The smallest absolute Gasteiger partial charge is 0.245 e. The zero-order chi connectivity index (χ0) is 15.2. The van der Waals surface area contributed by atoms with Crippen molar-refractivity contribution >= 4 is 11.8 Å². The topological polar surface area (TPSA) is 75.9 Å². The van der Waals surface area contributed by atoms with Gasteiger partial charge in [0.1, 0.15) is 5.76 Å². The first-order valence-corrected chi connectivity index (χ1v) is 7.05. The van der Waals surface area contributed by atoms with Crippen LogP contribution in [0.25, 0.3) is 0 Å². The maximum absolute atomic E-state index is 5.25. The molecule has 0 saturated carbocycles. The molecule has 22 heavy (non-hydrogen) atoms. The number of hydrogen-bond donors (Lipinski definition) is 2. The summed E-state index contributed by atoms with van der Waals surface area (Å²) in [7, 11) is 0. The van der Waals surface area contributed by atoms with Crippen molar-refractivity contribution in [2.75, 3.05) is 10.6 Å². The molecule has 6 heteroatoms. The summed E-state index contributed by atoms with van der Waals surface area (Å²) in [4.78, 5) is 4.37.